The van der Waals surface area contributed by atoms with Crippen LogP contribution < -0.4 is 10.9 Å². The quantitative estimate of drug-likeness (QED) is 0.343. The first-order valence-corrected chi connectivity index (χ1v) is 11.3. The number of amides is 1. The van der Waals surface area contributed by atoms with Gasteiger partial charge in [0.15, 0.2) is 4.77 Å². The molecule has 2 heterocycles. The van der Waals surface area contributed by atoms with Crippen LogP contribution in [0.25, 0.3) is 31.7 Å². The highest BCUT2D eigenvalue weighted by Crippen LogP contribution is 2.31. The molecule has 0 saturated carbocycles. The lowest BCUT2D eigenvalue weighted by atomic mass is 10.1. The zero-order valence-electron chi connectivity index (χ0n) is 17.1. The maximum absolute atomic E-state index is 12.9. The highest BCUT2D eigenvalue weighted by atomic mass is 32.1. The Labute approximate surface area is 192 Å². The van der Waals surface area contributed by atoms with Gasteiger partial charge in [-0.3, -0.25) is 14.2 Å². The highest BCUT2D eigenvalue weighted by Gasteiger charge is 2.12. The van der Waals surface area contributed by atoms with Crippen molar-refractivity contribution in [2.75, 3.05) is 5.32 Å². The molecule has 8 heteroatoms. The fourth-order valence-corrected chi connectivity index (χ4v) is 4.90. The second-order valence-electron chi connectivity index (χ2n) is 7.26. The van der Waals surface area contributed by atoms with Crippen LogP contribution in [-0.2, 0) is 6.54 Å². The van der Waals surface area contributed by atoms with E-state index in [1.807, 2.05) is 55.5 Å². The van der Waals surface area contributed by atoms with Crippen molar-refractivity contribution < 1.29 is 4.79 Å². The SMILES string of the molecule is CCn1c(=S)[nH]c2cc(C(=O)Nc3cccc(-c4nc5ccccc5s4)c3)ccc2c1=O. The van der Waals surface area contributed by atoms with Crippen LogP contribution in [0.5, 0.6) is 0 Å². The van der Waals surface area contributed by atoms with Crippen LogP contribution >= 0.6 is 23.6 Å². The zero-order valence-corrected chi connectivity index (χ0v) is 18.7. The van der Waals surface area contributed by atoms with Crippen LogP contribution in [0.1, 0.15) is 17.3 Å². The van der Waals surface area contributed by atoms with Gasteiger partial charge in [-0.15, -0.1) is 11.3 Å². The number of thiazole rings is 1. The Kier molecular flexibility index (Phi) is 5.16. The number of nitrogens with one attached hydrogen (secondary N) is 2. The molecule has 0 fully saturated rings. The number of anilines is 1. The van der Waals surface area contributed by atoms with Gasteiger partial charge < -0.3 is 10.3 Å². The van der Waals surface area contributed by atoms with Gasteiger partial charge in [0.1, 0.15) is 5.01 Å². The first-order chi connectivity index (χ1) is 15.5. The molecule has 0 aliphatic carbocycles. The maximum Gasteiger partial charge on any atom is 0.262 e. The van der Waals surface area contributed by atoms with E-state index in [0.717, 1.165) is 20.8 Å². The number of carbonyl (C=O) groups excluding carboxylic acids is 1. The normalized spacial score (nSPS) is 11.2. The first kappa shape index (κ1) is 20.3. The molecule has 0 atom stereocenters. The number of hydrogen-bond acceptors (Lipinski definition) is 5. The van der Waals surface area contributed by atoms with E-state index < -0.39 is 0 Å². The van der Waals surface area contributed by atoms with Gasteiger partial charge in [0, 0.05) is 23.4 Å². The Bertz CT molecular complexity index is 1580. The van der Waals surface area contributed by atoms with E-state index in [4.69, 9.17) is 12.2 Å². The molecule has 158 valence electrons. The molecular formula is C24H18N4O2S2. The summed E-state index contributed by atoms with van der Waals surface area (Å²) in [4.78, 5) is 33.2. The number of benzene rings is 3. The van der Waals surface area contributed by atoms with Gasteiger partial charge in [0.2, 0.25) is 0 Å². The summed E-state index contributed by atoms with van der Waals surface area (Å²) < 4.78 is 2.95. The molecule has 0 saturated heterocycles. The minimum atomic E-state index is -0.271. The Morgan fingerprint density at radius 3 is 2.78 bits per heavy atom. The summed E-state index contributed by atoms with van der Waals surface area (Å²) in [5.41, 5.74) is 3.37. The van der Waals surface area contributed by atoms with E-state index in [9.17, 15) is 9.59 Å². The number of aromatic nitrogens is 3. The molecule has 0 unspecified atom stereocenters. The molecule has 0 aliphatic heterocycles. The van der Waals surface area contributed by atoms with E-state index in [1.54, 1.807) is 29.5 Å². The minimum absolute atomic E-state index is 0.165. The van der Waals surface area contributed by atoms with E-state index in [1.165, 1.54) is 4.57 Å². The molecule has 2 N–H and O–H groups in total. The third-order valence-electron chi connectivity index (χ3n) is 5.22. The second-order valence-corrected chi connectivity index (χ2v) is 8.68. The Morgan fingerprint density at radius 2 is 1.97 bits per heavy atom. The van der Waals surface area contributed by atoms with Gasteiger partial charge in [0.25, 0.3) is 11.5 Å². The largest absolute Gasteiger partial charge is 0.332 e. The standard InChI is InChI=1S/C24H18N4O2S2/c1-2-28-23(30)17-11-10-14(13-19(17)27-24(28)31)21(29)25-16-7-5-6-15(12-16)22-26-18-8-3-4-9-20(18)32-22/h3-13H,2H2,1H3,(H,25,29)(H,27,31). The minimum Gasteiger partial charge on any atom is -0.332 e. The van der Waals surface area contributed by atoms with Crippen LogP contribution in [0, 0.1) is 4.77 Å². The van der Waals surface area contributed by atoms with Gasteiger partial charge in [-0.2, -0.15) is 0 Å². The summed E-state index contributed by atoms with van der Waals surface area (Å²) in [5, 5.41) is 4.32. The van der Waals surface area contributed by atoms with Crippen molar-refractivity contribution in [2.45, 2.75) is 13.5 Å². The second kappa shape index (κ2) is 8.14. The van der Waals surface area contributed by atoms with E-state index in [0.29, 0.717) is 33.5 Å². The van der Waals surface area contributed by atoms with Crippen LogP contribution in [0.4, 0.5) is 5.69 Å². The average Bonchev–Trinajstić information content (AvgIpc) is 3.23. The van der Waals surface area contributed by atoms with Crippen molar-refractivity contribution in [1.82, 2.24) is 14.5 Å². The molecule has 2 aromatic heterocycles. The molecule has 0 bridgehead atoms. The van der Waals surface area contributed by atoms with Crippen molar-refractivity contribution >= 4 is 56.3 Å². The van der Waals surface area contributed by atoms with Crippen molar-refractivity contribution in [1.29, 1.82) is 0 Å². The number of para-hydroxylation sites is 1. The summed E-state index contributed by atoms with van der Waals surface area (Å²) in [7, 11) is 0. The highest BCUT2D eigenvalue weighted by molar-refractivity contribution is 7.71. The van der Waals surface area contributed by atoms with Crippen LogP contribution in [0.2, 0.25) is 0 Å². The molecule has 5 rings (SSSR count). The summed E-state index contributed by atoms with van der Waals surface area (Å²) in [6, 6.07) is 20.6. The number of nitrogens with zero attached hydrogens (tertiary/aromatic N) is 2. The number of rotatable bonds is 4. The van der Waals surface area contributed by atoms with Crippen molar-refractivity contribution in [3.8, 4) is 10.6 Å². The molecular weight excluding hydrogens is 440 g/mol. The number of aromatic amines is 1. The predicted molar refractivity (Wildman–Crippen MR) is 132 cm³/mol. The van der Waals surface area contributed by atoms with E-state index in [2.05, 4.69) is 15.3 Å². The fraction of sp³-hybridized carbons (Fsp3) is 0.0833. The van der Waals surface area contributed by atoms with Crippen LogP contribution in [-0.4, -0.2) is 20.4 Å². The van der Waals surface area contributed by atoms with Crippen molar-refractivity contribution in [3.63, 3.8) is 0 Å². The summed E-state index contributed by atoms with van der Waals surface area (Å²) in [6.07, 6.45) is 0. The van der Waals surface area contributed by atoms with Crippen molar-refractivity contribution in [2.24, 2.45) is 0 Å². The Hall–Kier alpha value is -3.62. The molecule has 3 aromatic carbocycles. The van der Waals surface area contributed by atoms with E-state index >= 15 is 0 Å². The molecule has 1 amide bonds. The number of carbonyl (C=O) groups is 1. The third kappa shape index (κ3) is 3.63. The summed E-state index contributed by atoms with van der Waals surface area (Å²) >= 11 is 6.88. The molecule has 0 spiro atoms. The van der Waals surface area contributed by atoms with Gasteiger partial charge in [-0.1, -0.05) is 24.3 Å². The average molecular weight is 459 g/mol. The number of fused-ring (bicyclic) bond motifs is 2. The molecule has 32 heavy (non-hydrogen) atoms. The predicted octanol–water partition coefficient (Wildman–Crippen LogP) is 5.61. The molecule has 0 aliphatic rings. The van der Waals surface area contributed by atoms with E-state index in [-0.39, 0.29) is 11.5 Å². The van der Waals surface area contributed by atoms with Crippen molar-refractivity contribution in [3.05, 3.63) is 87.4 Å². The Morgan fingerprint density at radius 1 is 1.12 bits per heavy atom. The lowest BCUT2D eigenvalue weighted by Crippen LogP contribution is -2.21. The topological polar surface area (TPSA) is 79.8 Å². The molecule has 0 radical (unpaired) electrons. The fourth-order valence-electron chi connectivity index (χ4n) is 3.61. The lowest BCUT2D eigenvalue weighted by Gasteiger charge is -2.09. The summed E-state index contributed by atoms with van der Waals surface area (Å²) in [5.74, 6) is -0.271. The molecule has 5 aromatic rings. The first-order valence-electron chi connectivity index (χ1n) is 10.1. The van der Waals surface area contributed by atoms with Gasteiger partial charge in [0.05, 0.1) is 21.1 Å². The Balaban J connectivity index is 1.45. The van der Waals surface area contributed by atoms with Gasteiger partial charge >= 0.3 is 0 Å². The third-order valence-corrected chi connectivity index (χ3v) is 6.63. The smallest absolute Gasteiger partial charge is 0.262 e. The van der Waals surface area contributed by atoms with Crippen LogP contribution in [0.15, 0.2) is 71.5 Å². The lowest BCUT2D eigenvalue weighted by molar-refractivity contribution is 0.102. The van der Waals surface area contributed by atoms with Crippen LogP contribution in [0.3, 0.4) is 0 Å². The number of H-pyrrole nitrogens is 1. The zero-order chi connectivity index (χ0) is 22.2. The maximum atomic E-state index is 12.9. The number of hydrogen-bond donors (Lipinski definition) is 2. The van der Waals surface area contributed by atoms with Gasteiger partial charge in [-0.25, -0.2) is 4.98 Å². The van der Waals surface area contributed by atoms with Gasteiger partial charge in [-0.05, 0) is 61.6 Å². The monoisotopic (exact) mass is 458 g/mol. The molecule has 6 nitrogen and oxygen atoms in total. The summed E-state index contributed by atoms with van der Waals surface area (Å²) in [6.45, 7) is 2.35.